The lowest BCUT2D eigenvalue weighted by molar-refractivity contribution is 0.0724. The molecule has 134 valence electrons. The Morgan fingerprint density at radius 1 is 0.960 bits per heavy atom. The first kappa shape index (κ1) is 18.1. The van der Waals surface area contributed by atoms with Crippen LogP contribution in [0.2, 0.25) is 0 Å². The van der Waals surface area contributed by atoms with Crippen molar-refractivity contribution in [3.05, 3.63) is 71.8 Å². The molecular weight excluding hydrogens is 336 g/mol. The molecule has 0 radical (unpaired) electrons. The number of hydrogen-bond acceptors (Lipinski definition) is 3. The number of rotatable bonds is 6. The molecule has 1 N–H and O–H groups in total. The van der Waals surface area contributed by atoms with Gasteiger partial charge in [0.25, 0.3) is 10.2 Å². The number of morpholine rings is 1. The molecule has 0 aromatic heterocycles. The van der Waals surface area contributed by atoms with Gasteiger partial charge in [-0.25, -0.2) is 4.72 Å². The highest BCUT2D eigenvalue weighted by Crippen LogP contribution is 2.31. The van der Waals surface area contributed by atoms with Crippen molar-refractivity contribution in [1.29, 1.82) is 0 Å². The highest BCUT2D eigenvalue weighted by Gasteiger charge is 2.32. The van der Waals surface area contributed by atoms with Gasteiger partial charge in [-0.1, -0.05) is 67.6 Å². The van der Waals surface area contributed by atoms with E-state index in [1.807, 2.05) is 60.7 Å². The Balaban J connectivity index is 1.86. The van der Waals surface area contributed by atoms with Crippen molar-refractivity contribution in [2.24, 2.45) is 0 Å². The molecule has 0 bridgehead atoms. The predicted molar refractivity (Wildman–Crippen MR) is 98.7 cm³/mol. The maximum atomic E-state index is 12.7. The smallest absolute Gasteiger partial charge is 0.279 e. The minimum Gasteiger partial charge on any atom is -0.379 e. The highest BCUT2D eigenvalue weighted by atomic mass is 32.2. The third-order valence-corrected chi connectivity index (χ3v) is 6.29. The van der Waals surface area contributed by atoms with Crippen LogP contribution in [0.5, 0.6) is 0 Å². The van der Waals surface area contributed by atoms with Crippen molar-refractivity contribution in [3.8, 4) is 0 Å². The van der Waals surface area contributed by atoms with E-state index in [0.29, 0.717) is 32.8 Å². The van der Waals surface area contributed by atoms with E-state index >= 15 is 0 Å². The summed E-state index contributed by atoms with van der Waals surface area (Å²) in [6, 6.07) is 20.0. The topological polar surface area (TPSA) is 58.6 Å². The van der Waals surface area contributed by atoms with Crippen molar-refractivity contribution in [2.75, 3.05) is 32.8 Å². The van der Waals surface area contributed by atoms with Crippen LogP contribution < -0.4 is 4.72 Å². The standard InChI is InChI=1S/C19H24N2O3S/c1-19(17-8-4-2-5-9-17,18-10-6-3-7-11-18)16-20-25(22,23)21-12-14-24-15-13-21/h2-11,20H,12-16H2,1H3. The third kappa shape index (κ3) is 4.10. The van der Waals surface area contributed by atoms with E-state index in [2.05, 4.69) is 11.6 Å². The van der Waals surface area contributed by atoms with Crippen LogP contribution in [0.25, 0.3) is 0 Å². The van der Waals surface area contributed by atoms with Gasteiger partial charge in [0.2, 0.25) is 0 Å². The lowest BCUT2D eigenvalue weighted by Crippen LogP contribution is -2.49. The van der Waals surface area contributed by atoms with E-state index in [9.17, 15) is 8.42 Å². The van der Waals surface area contributed by atoms with Gasteiger partial charge in [0, 0.05) is 25.0 Å². The minimum absolute atomic E-state index is 0.292. The van der Waals surface area contributed by atoms with Gasteiger partial charge in [-0.05, 0) is 11.1 Å². The molecule has 2 aromatic rings. The average molecular weight is 360 g/mol. The Morgan fingerprint density at radius 2 is 1.44 bits per heavy atom. The van der Waals surface area contributed by atoms with Crippen LogP contribution in [0.4, 0.5) is 0 Å². The van der Waals surface area contributed by atoms with E-state index in [1.54, 1.807) is 0 Å². The lowest BCUT2D eigenvalue weighted by Gasteiger charge is -2.33. The second-order valence-corrected chi connectivity index (χ2v) is 8.16. The molecule has 1 saturated heterocycles. The summed E-state index contributed by atoms with van der Waals surface area (Å²) in [6.07, 6.45) is 0. The zero-order chi connectivity index (χ0) is 17.8. The molecule has 0 amide bonds. The van der Waals surface area contributed by atoms with Gasteiger partial charge < -0.3 is 4.74 Å². The molecule has 1 fully saturated rings. The quantitative estimate of drug-likeness (QED) is 0.859. The highest BCUT2D eigenvalue weighted by molar-refractivity contribution is 7.87. The molecular formula is C19H24N2O3S. The van der Waals surface area contributed by atoms with Crippen LogP contribution >= 0.6 is 0 Å². The van der Waals surface area contributed by atoms with E-state index in [0.717, 1.165) is 11.1 Å². The number of benzene rings is 2. The molecule has 1 heterocycles. The van der Waals surface area contributed by atoms with Crippen LogP contribution in [0.15, 0.2) is 60.7 Å². The second kappa shape index (κ2) is 7.66. The van der Waals surface area contributed by atoms with Gasteiger partial charge in [-0.3, -0.25) is 0 Å². The number of hydrogen-bond donors (Lipinski definition) is 1. The van der Waals surface area contributed by atoms with Gasteiger partial charge in [-0.2, -0.15) is 12.7 Å². The summed E-state index contributed by atoms with van der Waals surface area (Å²) in [7, 11) is -3.53. The predicted octanol–water partition coefficient (Wildman–Crippen LogP) is 2.16. The van der Waals surface area contributed by atoms with Crippen LogP contribution in [0.3, 0.4) is 0 Å². The normalized spacial score (nSPS) is 16.7. The fraction of sp³-hybridized carbons (Fsp3) is 0.368. The summed E-state index contributed by atoms with van der Waals surface area (Å²) >= 11 is 0. The Labute approximate surface area is 149 Å². The first-order chi connectivity index (χ1) is 12.0. The van der Waals surface area contributed by atoms with Gasteiger partial charge in [0.05, 0.1) is 13.2 Å². The zero-order valence-electron chi connectivity index (χ0n) is 14.4. The Hall–Kier alpha value is -1.73. The summed E-state index contributed by atoms with van der Waals surface area (Å²) in [5.41, 5.74) is 1.69. The summed E-state index contributed by atoms with van der Waals surface area (Å²) < 4.78 is 34.8. The maximum Gasteiger partial charge on any atom is 0.279 e. The zero-order valence-corrected chi connectivity index (χ0v) is 15.2. The van der Waals surface area contributed by atoms with E-state index < -0.39 is 15.6 Å². The monoisotopic (exact) mass is 360 g/mol. The van der Waals surface area contributed by atoms with Crippen molar-refractivity contribution < 1.29 is 13.2 Å². The third-order valence-electron chi connectivity index (χ3n) is 4.74. The fourth-order valence-electron chi connectivity index (χ4n) is 3.10. The fourth-order valence-corrected chi connectivity index (χ4v) is 4.38. The number of nitrogens with zero attached hydrogens (tertiary/aromatic N) is 1. The van der Waals surface area contributed by atoms with E-state index in [1.165, 1.54) is 4.31 Å². The summed E-state index contributed by atoms with van der Waals surface area (Å²) in [4.78, 5) is 0. The second-order valence-electron chi connectivity index (χ2n) is 6.40. The Morgan fingerprint density at radius 3 is 1.92 bits per heavy atom. The van der Waals surface area contributed by atoms with Crippen LogP contribution in [0, 0.1) is 0 Å². The Kier molecular flexibility index (Phi) is 5.54. The molecule has 5 nitrogen and oxygen atoms in total. The van der Waals surface area contributed by atoms with Gasteiger partial charge in [-0.15, -0.1) is 0 Å². The van der Waals surface area contributed by atoms with E-state index in [4.69, 9.17) is 4.74 Å². The largest absolute Gasteiger partial charge is 0.379 e. The molecule has 3 rings (SSSR count). The van der Waals surface area contributed by atoms with Crippen molar-refractivity contribution in [1.82, 2.24) is 9.03 Å². The van der Waals surface area contributed by atoms with Crippen LogP contribution in [-0.4, -0.2) is 45.6 Å². The van der Waals surface area contributed by atoms with Crippen molar-refractivity contribution in [3.63, 3.8) is 0 Å². The molecule has 1 aliphatic rings. The molecule has 0 atom stereocenters. The molecule has 1 aliphatic heterocycles. The molecule has 25 heavy (non-hydrogen) atoms. The molecule has 0 unspecified atom stereocenters. The maximum absolute atomic E-state index is 12.7. The first-order valence-corrected chi connectivity index (χ1v) is 9.90. The van der Waals surface area contributed by atoms with Crippen molar-refractivity contribution in [2.45, 2.75) is 12.3 Å². The molecule has 0 spiro atoms. The van der Waals surface area contributed by atoms with E-state index in [-0.39, 0.29) is 0 Å². The average Bonchev–Trinajstić information content (AvgIpc) is 2.68. The first-order valence-electron chi connectivity index (χ1n) is 8.46. The van der Waals surface area contributed by atoms with Crippen molar-refractivity contribution >= 4 is 10.2 Å². The Bertz CT molecular complexity index is 733. The number of nitrogens with one attached hydrogen (secondary N) is 1. The molecule has 0 saturated carbocycles. The number of ether oxygens (including phenoxy) is 1. The summed E-state index contributed by atoms with van der Waals surface area (Å²) in [5.74, 6) is 0. The summed E-state index contributed by atoms with van der Waals surface area (Å²) in [6.45, 7) is 4.02. The van der Waals surface area contributed by atoms with Gasteiger partial charge in [0.1, 0.15) is 0 Å². The molecule has 0 aliphatic carbocycles. The van der Waals surface area contributed by atoms with Gasteiger partial charge in [0.15, 0.2) is 0 Å². The van der Waals surface area contributed by atoms with Crippen LogP contribution in [-0.2, 0) is 20.4 Å². The molecule has 2 aromatic carbocycles. The summed E-state index contributed by atoms with van der Waals surface area (Å²) in [5, 5.41) is 0. The van der Waals surface area contributed by atoms with Crippen LogP contribution in [0.1, 0.15) is 18.1 Å². The SMILES string of the molecule is CC(CNS(=O)(=O)N1CCOCC1)(c1ccccc1)c1ccccc1. The lowest BCUT2D eigenvalue weighted by atomic mass is 9.76. The molecule has 6 heteroatoms. The minimum atomic E-state index is -3.53. The van der Waals surface area contributed by atoms with Gasteiger partial charge >= 0.3 is 0 Å².